The number of hydrogen-bond donors (Lipinski definition) is 0. The third-order valence-electron chi connectivity index (χ3n) is 3.77. The maximum absolute atomic E-state index is 11.8. The van der Waals surface area contributed by atoms with Crippen molar-refractivity contribution in [2.24, 2.45) is 0 Å². The summed E-state index contributed by atoms with van der Waals surface area (Å²) in [7, 11) is -11.4. The van der Waals surface area contributed by atoms with Gasteiger partial charge in [-0.3, -0.25) is 0 Å². The molecule has 12 heteroatoms. The molecule has 0 saturated heterocycles. The van der Waals surface area contributed by atoms with Crippen LogP contribution in [0.2, 0.25) is 0 Å². The van der Waals surface area contributed by atoms with Crippen molar-refractivity contribution >= 4 is 44.1 Å². The van der Waals surface area contributed by atoms with Gasteiger partial charge in [0.1, 0.15) is 20.2 Å². The van der Waals surface area contributed by atoms with Gasteiger partial charge in [-0.05, 0) is 25.4 Å². The largest absolute Gasteiger partial charge is 1.00 e. The Labute approximate surface area is 262 Å². The Hall–Kier alpha value is 1.14. The molecule has 0 radical (unpaired) electrons. The molecular weight excluding hydrogens is 501 g/mol. The SMILES string of the molecule is O.O=S(=O)([O-])c1ccccc1P(c1ccccc1)c1ccccc1S(=O)(=O)[O-].[K+].[K+]. The van der Waals surface area contributed by atoms with Crippen LogP contribution in [0.5, 0.6) is 0 Å². The molecule has 148 valence electrons. The first-order valence-electron chi connectivity index (χ1n) is 7.64. The Morgan fingerprint density at radius 2 is 0.900 bits per heavy atom. The maximum Gasteiger partial charge on any atom is 1.00 e. The summed E-state index contributed by atoms with van der Waals surface area (Å²) in [4.78, 5) is -0.865. The summed E-state index contributed by atoms with van der Waals surface area (Å²) in [6.07, 6.45) is 0. The summed E-state index contributed by atoms with van der Waals surface area (Å²) in [6.45, 7) is 0. The van der Waals surface area contributed by atoms with E-state index in [9.17, 15) is 25.9 Å². The summed E-state index contributed by atoms with van der Waals surface area (Å²) in [5.41, 5.74) is 0. The molecule has 0 aromatic heterocycles. The zero-order chi connectivity index (χ0) is 19.7. The summed E-state index contributed by atoms with van der Waals surface area (Å²) >= 11 is 0. The van der Waals surface area contributed by atoms with Crippen LogP contribution in [-0.4, -0.2) is 31.4 Å². The van der Waals surface area contributed by atoms with E-state index in [0.29, 0.717) is 5.30 Å². The smallest absolute Gasteiger partial charge is 0.744 e. The minimum Gasteiger partial charge on any atom is -0.744 e. The van der Waals surface area contributed by atoms with Crippen LogP contribution in [0.1, 0.15) is 0 Å². The average Bonchev–Trinajstić information content (AvgIpc) is 2.62. The number of hydrogen-bond acceptors (Lipinski definition) is 6. The van der Waals surface area contributed by atoms with Gasteiger partial charge in [0.05, 0.1) is 9.79 Å². The molecule has 0 saturated carbocycles. The second kappa shape index (κ2) is 13.1. The van der Waals surface area contributed by atoms with E-state index >= 15 is 0 Å². The molecule has 3 aromatic carbocycles. The Kier molecular flexibility index (Phi) is 13.6. The third kappa shape index (κ3) is 7.59. The monoisotopic (exact) mass is 516 g/mol. The van der Waals surface area contributed by atoms with Gasteiger partial charge in [0.25, 0.3) is 0 Å². The molecule has 30 heavy (non-hydrogen) atoms. The van der Waals surface area contributed by atoms with Crippen molar-refractivity contribution in [2.75, 3.05) is 0 Å². The van der Waals surface area contributed by atoms with Crippen LogP contribution in [0, 0.1) is 0 Å². The van der Waals surface area contributed by atoms with Gasteiger partial charge < -0.3 is 14.6 Å². The van der Waals surface area contributed by atoms with Crippen LogP contribution in [-0.2, 0) is 20.2 Å². The molecule has 0 atom stereocenters. The molecule has 0 aliphatic rings. The molecule has 7 nitrogen and oxygen atoms in total. The van der Waals surface area contributed by atoms with Crippen molar-refractivity contribution < 1.29 is 134 Å². The van der Waals surface area contributed by atoms with Gasteiger partial charge in [-0.15, -0.1) is 0 Å². The van der Waals surface area contributed by atoms with E-state index in [2.05, 4.69) is 0 Å². The Morgan fingerprint density at radius 1 is 0.567 bits per heavy atom. The fraction of sp³-hybridized carbons (Fsp3) is 0. The Bertz CT molecular complexity index is 1110. The predicted octanol–water partition coefficient (Wildman–Crippen LogP) is -5.56. The quantitative estimate of drug-likeness (QED) is 0.188. The van der Waals surface area contributed by atoms with Crippen molar-refractivity contribution in [3.05, 3.63) is 78.9 Å². The first-order chi connectivity index (χ1) is 12.7. The van der Waals surface area contributed by atoms with Crippen LogP contribution in [0.25, 0.3) is 0 Å². The van der Waals surface area contributed by atoms with E-state index in [1.165, 1.54) is 36.4 Å². The van der Waals surface area contributed by atoms with Crippen molar-refractivity contribution in [3.63, 3.8) is 0 Å². The van der Waals surface area contributed by atoms with Crippen LogP contribution in [0.15, 0.2) is 88.7 Å². The zero-order valence-electron chi connectivity index (χ0n) is 16.2. The fourth-order valence-electron chi connectivity index (χ4n) is 2.69. The van der Waals surface area contributed by atoms with Crippen LogP contribution in [0.3, 0.4) is 0 Å². The van der Waals surface area contributed by atoms with Crippen molar-refractivity contribution in [2.45, 2.75) is 9.79 Å². The van der Waals surface area contributed by atoms with Gasteiger partial charge in [0.15, 0.2) is 0 Å². The van der Waals surface area contributed by atoms with Gasteiger partial charge in [-0.2, -0.15) is 0 Å². The van der Waals surface area contributed by atoms with E-state index in [1.807, 2.05) is 0 Å². The van der Waals surface area contributed by atoms with Crippen molar-refractivity contribution in [3.8, 4) is 0 Å². The van der Waals surface area contributed by atoms with Crippen molar-refractivity contribution in [1.82, 2.24) is 0 Å². The van der Waals surface area contributed by atoms with E-state index in [0.717, 1.165) is 0 Å². The van der Waals surface area contributed by atoms with E-state index in [1.54, 1.807) is 42.5 Å². The van der Waals surface area contributed by atoms with Gasteiger partial charge in [-0.1, -0.05) is 66.7 Å². The molecule has 3 aromatic rings. The molecule has 0 spiro atoms. The molecule has 0 aliphatic carbocycles. The second-order valence-electron chi connectivity index (χ2n) is 5.51. The number of benzene rings is 3. The maximum atomic E-state index is 11.8. The third-order valence-corrected chi connectivity index (χ3v) is 8.42. The first-order valence-corrected chi connectivity index (χ1v) is 11.8. The summed E-state index contributed by atoms with van der Waals surface area (Å²) in [6, 6.07) is 19.9. The zero-order valence-corrected chi connectivity index (χ0v) is 25.0. The van der Waals surface area contributed by atoms with Gasteiger partial charge in [0, 0.05) is 10.6 Å². The standard InChI is InChI=1S/C18H15O6PS2.2K.H2O/c19-26(20,21)17-12-6-4-10-15(17)25(14-8-2-1-3-9-14)16-11-5-7-13-18(16)27(22,23)24;;;/h1-13H,(H,19,20,21)(H,22,23,24);;;1H2/q;2*+1;/p-2. The molecule has 3 rings (SSSR count). The first kappa shape index (κ1) is 31.1. The van der Waals surface area contributed by atoms with Crippen LogP contribution >= 0.6 is 7.92 Å². The molecule has 0 amide bonds. The van der Waals surface area contributed by atoms with Gasteiger partial charge in [-0.25, -0.2) is 16.8 Å². The average molecular weight is 517 g/mol. The molecule has 0 bridgehead atoms. The predicted molar refractivity (Wildman–Crippen MR) is 105 cm³/mol. The van der Waals surface area contributed by atoms with Gasteiger partial charge >= 0.3 is 103 Å². The van der Waals surface area contributed by atoms with Crippen LogP contribution in [0.4, 0.5) is 0 Å². The van der Waals surface area contributed by atoms with E-state index < -0.39 is 37.9 Å². The second-order valence-corrected chi connectivity index (χ2v) is 10.4. The van der Waals surface area contributed by atoms with Crippen molar-refractivity contribution in [1.29, 1.82) is 0 Å². The number of rotatable bonds is 5. The minimum atomic E-state index is -4.80. The van der Waals surface area contributed by atoms with E-state index in [4.69, 9.17) is 0 Å². The summed E-state index contributed by atoms with van der Waals surface area (Å²) < 4.78 is 70.7. The fourth-order valence-corrected chi connectivity index (χ4v) is 7.40. The van der Waals surface area contributed by atoms with Crippen LogP contribution < -0.4 is 119 Å². The minimum absolute atomic E-state index is 0. The summed E-state index contributed by atoms with van der Waals surface area (Å²) in [5, 5.41) is 0.953. The topological polar surface area (TPSA) is 146 Å². The normalized spacial score (nSPS) is 11.0. The molecule has 2 N–H and O–H groups in total. The molecule has 0 heterocycles. The Morgan fingerprint density at radius 3 is 1.27 bits per heavy atom. The Balaban J connectivity index is 0.00000280. The van der Waals surface area contributed by atoms with Gasteiger partial charge in [0.2, 0.25) is 0 Å². The van der Waals surface area contributed by atoms with E-state index in [-0.39, 0.29) is 119 Å². The summed E-state index contributed by atoms with van der Waals surface area (Å²) in [5.74, 6) is 0. The molecule has 0 unspecified atom stereocenters. The molecule has 0 fully saturated rings. The molecule has 0 aliphatic heterocycles. The molecular formula is C18H15K2O7PS2.